The molecule has 1 N–H and O–H groups in total. The van der Waals surface area contributed by atoms with Gasteiger partial charge in [0.15, 0.2) is 0 Å². The van der Waals surface area contributed by atoms with E-state index in [1.54, 1.807) is 6.07 Å². The molecule has 0 atom stereocenters. The maximum Gasteiger partial charge on any atom is 0.266 e. The number of carbonyl (C=O) groups excluding carboxylic acids is 1. The van der Waals surface area contributed by atoms with E-state index < -0.39 is 11.7 Å². The topological polar surface area (TPSA) is 62.1 Å². The Morgan fingerprint density at radius 3 is 2.47 bits per heavy atom. The molecule has 0 bridgehead atoms. The molecule has 0 unspecified atom stereocenters. The summed E-state index contributed by atoms with van der Waals surface area (Å²) in [5, 5.41) is 12.1. The third-order valence-electron chi connectivity index (χ3n) is 4.03. The van der Waals surface area contributed by atoms with Gasteiger partial charge in [0.1, 0.15) is 29.8 Å². The number of hydrogen-bond donors (Lipinski definition) is 1. The molecule has 0 fully saturated rings. The van der Waals surface area contributed by atoms with E-state index in [2.05, 4.69) is 37.2 Å². The zero-order valence-electron chi connectivity index (χ0n) is 15.5. The van der Waals surface area contributed by atoms with Gasteiger partial charge in [0.2, 0.25) is 0 Å². The first-order valence-corrected chi connectivity index (χ1v) is 10.4. The van der Waals surface area contributed by atoms with E-state index >= 15 is 0 Å². The second-order valence-electron chi connectivity index (χ2n) is 6.21. The first-order chi connectivity index (χ1) is 14.5. The molecule has 3 rings (SSSR count). The Labute approximate surface area is 190 Å². The lowest BCUT2D eigenvalue weighted by Crippen LogP contribution is -2.13. The highest BCUT2D eigenvalue weighted by molar-refractivity contribution is 9.11. The smallest absolute Gasteiger partial charge is 0.266 e. The van der Waals surface area contributed by atoms with Crippen molar-refractivity contribution in [2.24, 2.45) is 0 Å². The van der Waals surface area contributed by atoms with Gasteiger partial charge in [0.05, 0.1) is 4.47 Å². The molecule has 0 saturated carbocycles. The standard InChI is InChI=1S/C23H15Br2FN2O2/c24-18-11-16(22(21(25)12-18)30-14-15-4-2-1-3-5-15)10-17(13-27)23(29)28-20-8-6-19(26)7-9-20/h1-12H,14H2,(H,28,29)/b17-10+. The third-order valence-corrected chi connectivity index (χ3v) is 5.08. The zero-order chi connectivity index (χ0) is 21.5. The molecule has 4 nitrogen and oxygen atoms in total. The van der Waals surface area contributed by atoms with Gasteiger partial charge in [0.25, 0.3) is 5.91 Å². The highest BCUT2D eigenvalue weighted by Gasteiger charge is 2.14. The van der Waals surface area contributed by atoms with Crippen LogP contribution < -0.4 is 10.1 Å². The third kappa shape index (κ3) is 5.78. The SMILES string of the molecule is N#C/C(=C\c1cc(Br)cc(Br)c1OCc1ccccc1)C(=O)Nc1ccc(F)cc1. The predicted molar refractivity (Wildman–Crippen MR) is 121 cm³/mol. The van der Waals surface area contributed by atoms with Crippen molar-refractivity contribution in [2.75, 3.05) is 5.32 Å². The van der Waals surface area contributed by atoms with Gasteiger partial charge >= 0.3 is 0 Å². The maximum absolute atomic E-state index is 13.1. The summed E-state index contributed by atoms with van der Waals surface area (Å²) in [5.74, 6) is -0.512. The minimum atomic E-state index is -0.603. The van der Waals surface area contributed by atoms with Crippen molar-refractivity contribution in [3.63, 3.8) is 0 Å². The molecular weight excluding hydrogens is 515 g/mol. The largest absolute Gasteiger partial charge is 0.487 e. The Balaban J connectivity index is 1.88. The Kier molecular flexibility index (Phi) is 7.39. The molecular formula is C23H15Br2FN2O2. The molecule has 3 aromatic carbocycles. The monoisotopic (exact) mass is 528 g/mol. The van der Waals surface area contributed by atoms with Crippen LogP contribution in [0.25, 0.3) is 6.08 Å². The highest BCUT2D eigenvalue weighted by atomic mass is 79.9. The van der Waals surface area contributed by atoms with Gasteiger partial charge in [-0.25, -0.2) is 4.39 Å². The van der Waals surface area contributed by atoms with Crippen molar-refractivity contribution in [2.45, 2.75) is 6.61 Å². The van der Waals surface area contributed by atoms with E-state index in [-0.39, 0.29) is 5.57 Å². The summed E-state index contributed by atoms with van der Waals surface area (Å²) in [7, 11) is 0. The molecule has 150 valence electrons. The summed E-state index contributed by atoms with van der Waals surface area (Å²) in [5.41, 5.74) is 1.81. The lowest BCUT2D eigenvalue weighted by Gasteiger charge is -2.13. The average Bonchev–Trinajstić information content (AvgIpc) is 2.73. The molecule has 0 aromatic heterocycles. The van der Waals surface area contributed by atoms with E-state index in [1.165, 1.54) is 30.3 Å². The molecule has 0 aliphatic carbocycles. The molecule has 0 radical (unpaired) electrons. The van der Waals surface area contributed by atoms with Gasteiger partial charge in [-0.3, -0.25) is 4.79 Å². The summed E-state index contributed by atoms with van der Waals surface area (Å²) in [6, 6.07) is 20.4. The van der Waals surface area contributed by atoms with Gasteiger partial charge in [0, 0.05) is 15.7 Å². The van der Waals surface area contributed by atoms with Gasteiger partial charge in [-0.15, -0.1) is 0 Å². The highest BCUT2D eigenvalue weighted by Crippen LogP contribution is 2.35. The lowest BCUT2D eigenvalue weighted by atomic mass is 10.1. The van der Waals surface area contributed by atoms with Crippen LogP contribution in [0.4, 0.5) is 10.1 Å². The molecule has 0 heterocycles. The quantitative estimate of drug-likeness (QED) is 0.294. The van der Waals surface area contributed by atoms with Crippen LogP contribution in [0.5, 0.6) is 5.75 Å². The fourth-order valence-corrected chi connectivity index (χ4v) is 3.98. The number of amides is 1. The van der Waals surface area contributed by atoms with Crippen LogP contribution in [-0.4, -0.2) is 5.91 Å². The van der Waals surface area contributed by atoms with Crippen molar-refractivity contribution < 1.29 is 13.9 Å². The molecule has 7 heteroatoms. The fraction of sp³-hybridized carbons (Fsp3) is 0.0435. The van der Waals surface area contributed by atoms with Gasteiger partial charge in [-0.05, 0) is 64.0 Å². The second kappa shape index (κ2) is 10.2. The van der Waals surface area contributed by atoms with Crippen molar-refractivity contribution in [1.29, 1.82) is 5.26 Å². The minimum Gasteiger partial charge on any atom is -0.487 e. The number of nitrogens with one attached hydrogen (secondary N) is 1. The Hall–Kier alpha value is -2.95. The van der Waals surface area contributed by atoms with E-state index in [9.17, 15) is 14.4 Å². The molecule has 1 amide bonds. The number of carbonyl (C=O) groups is 1. The maximum atomic E-state index is 13.1. The predicted octanol–water partition coefficient (Wildman–Crippen LogP) is 6.48. The molecule has 3 aromatic rings. The van der Waals surface area contributed by atoms with Crippen molar-refractivity contribution >= 4 is 49.5 Å². The minimum absolute atomic E-state index is 0.117. The average molecular weight is 530 g/mol. The van der Waals surface area contributed by atoms with Crippen molar-refractivity contribution in [3.05, 3.63) is 98.2 Å². The van der Waals surface area contributed by atoms with Crippen LogP contribution in [0.1, 0.15) is 11.1 Å². The van der Waals surface area contributed by atoms with E-state index in [0.29, 0.717) is 28.1 Å². The number of benzene rings is 3. The van der Waals surface area contributed by atoms with Crippen LogP contribution >= 0.6 is 31.9 Å². The summed E-state index contributed by atoms with van der Waals surface area (Å²) in [4.78, 5) is 12.5. The molecule has 0 aliphatic rings. The number of hydrogen-bond acceptors (Lipinski definition) is 3. The van der Waals surface area contributed by atoms with E-state index in [1.807, 2.05) is 42.5 Å². The van der Waals surface area contributed by atoms with Gasteiger partial charge in [-0.2, -0.15) is 5.26 Å². The number of rotatable bonds is 6. The number of halogens is 3. The Bertz CT molecular complexity index is 1120. The molecule has 0 aliphatic heterocycles. The number of anilines is 1. The number of ether oxygens (including phenoxy) is 1. The van der Waals surface area contributed by atoms with Gasteiger partial charge < -0.3 is 10.1 Å². The zero-order valence-corrected chi connectivity index (χ0v) is 18.7. The number of nitrogens with zero attached hydrogens (tertiary/aromatic N) is 1. The van der Waals surface area contributed by atoms with Crippen LogP contribution in [-0.2, 0) is 11.4 Å². The summed E-state index contributed by atoms with van der Waals surface area (Å²) >= 11 is 6.90. The number of nitriles is 1. The van der Waals surface area contributed by atoms with Gasteiger partial charge in [-0.1, -0.05) is 46.3 Å². The van der Waals surface area contributed by atoms with Crippen molar-refractivity contribution in [3.8, 4) is 11.8 Å². The molecule has 30 heavy (non-hydrogen) atoms. The van der Waals surface area contributed by atoms with Crippen LogP contribution in [0.3, 0.4) is 0 Å². The first-order valence-electron chi connectivity index (χ1n) is 8.81. The molecule has 0 spiro atoms. The normalized spacial score (nSPS) is 10.9. The first kappa shape index (κ1) is 21.8. The summed E-state index contributed by atoms with van der Waals surface area (Å²) in [6.07, 6.45) is 1.45. The lowest BCUT2D eigenvalue weighted by molar-refractivity contribution is -0.112. The Morgan fingerprint density at radius 1 is 1.10 bits per heavy atom. The van der Waals surface area contributed by atoms with E-state index in [0.717, 1.165) is 10.0 Å². The van der Waals surface area contributed by atoms with Crippen molar-refractivity contribution in [1.82, 2.24) is 0 Å². The summed E-state index contributed by atoms with van der Waals surface area (Å²) < 4.78 is 20.5. The van der Waals surface area contributed by atoms with Crippen LogP contribution in [0.2, 0.25) is 0 Å². The Morgan fingerprint density at radius 2 is 1.80 bits per heavy atom. The summed E-state index contributed by atoms with van der Waals surface area (Å²) in [6.45, 7) is 0.325. The van der Waals surface area contributed by atoms with E-state index in [4.69, 9.17) is 4.74 Å². The van der Waals surface area contributed by atoms with Crippen LogP contribution in [0.15, 0.2) is 81.2 Å². The molecule has 0 saturated heterocycles. The van der Waals surface area contributed by atoms with Crippen LogP contribution in [0, 0.1) is 17.1 Å². The second-order valence-corrected chi connectivity index (χ2v) is 7.98. The fourth-order valence-electron chi connectivity index (χ4n) is 2.61.